The number of benzene rings is 1. The van der Waals surface area contributed by atoms with Gasteiger partial charge in [0, 0.05) is 3.57 Å². The standard InChI is InChI=1S/C12H17IO2/c1-9(2)15-8-12(3,14)10-4-6-11(13)7-5-10/h4-7,9,14H,8H2,1-3H3. The Morgan fingerprint density at radius 3 is 2.33 bits per heavy atom. The Labute approximate surface area is 105 Å². The Bertz CT molecular complexity index is 304. The Balaban J connectivity index is 2.72. The molecule has 0 bridgehead atoms. The molecule has 0 radical (unpaired) electrons. The van der Waals surface area contributed by atoms with Gasteiger partial charge < -0.3 is 9.84 Å². The maximum Gasteiger partial charge on any atom is 0.110 e. The van der Waals surface area contributed by atoms with E-state index in [2.05, 4.69) is 22.6 Å². The van der Waals surface area contributed by atoms with Gasteiger partial charge in [-0.15, -0.1) is 0 Å². The van der Waals surface area contributed by atoms with Gasteiger partial charge in [0.05, 0.1) is 12.7 Å². The van der Waals surface area contributed by atoms with E-state index < -0.39 is 5.60 Å². The molecular formula is C12H17IO2. The first-order chi connectivity index (χ1) is 6.92. The van der Waals surface area contributed by atoms with Crippen molar-refractivity contribution in [2.45, 2.75) is 32.5 Å². The lowest BCUT2D eigenvalue weighted by Crippen LogP contribution is -2.29. The van der Waals surface area contributed by atoms with Crippen LogP contribution in [-0.2, 0) is 10.3 Å². The number of aliphatic hydroxyl groups is 1. The highest BCUT2D eigenvalue weighted by molar-refractivity contribution is 14.1. The first-order valence-electron chi connectivity index (χ1n) is 5.02. The number of hydrogen-bond acceptors (Lipinski definition) is 2. The highest BCUT2D eigenvalue weighted by atomic mass is 127. The van der Waals surface area contributed by atoms with Gasteiger partial charge in [-0.1, -0.05) is 12.1 Å². The van der Waals surface area contributed by atoms with Crippen LogP contribution in [0.3, 0.4) is 0 Å². The molecule has 84 valence electrons. The Morgan fingerprint density at radius 2 is 1.87 bits per heavy atom. The topological polar surface area (TPSA) is 29.5 Å². The summed E-state index contributed by atoms with van der Waals surface area (Å²) in [6.07, 6.45) is 0.139. The van der Waals surface area contributed by atoms with Crippen molar-refractivity contribution in [2.24, 2.45) is 0 Å². The monoisotopic (exact) mass is 320 g/mol. The van der Waals surface area contributed by atoms with E-state index >= 15 is 0 Å². The number of rotatable bonds is 4. The summed E-state index contributed by atoms with van der Waals surface area (Å²) in [5.74, 6) is 0. The maximum atomic E-state index is 10.2. The van der Waals surface area contributed by atoms with Crippen molar-refractivity contribution in [3.63, 3.8) is 0 Å². The zero-order chi connectivity index (χ0) is 11.5. The second kappa shape index (κ2) is 5.27. The molecule has 0 aromatic heterocycles. The third-order valence-electron chi connectivity index (χ3n) is 2.16. The minimum absolute atomic E-state index is 0.139. The van der Waals surface area contributed by atoms with Crippen molar-refractivity contribution in [3.8, 4) is 0 Å². The van der Waals surface area contributed by atoms with Gasteiger partial charge in [-0.3, -0.25) is 0 Å². The second-order valence-corrected chi connectivity index (χ2v) is 5.39. The van der Waals surface area contributed by atoms with Crippen LogP contribution in [0.2, 0.25) is 0 Å². The van der Waals surface area contributed by atoms with Gasteiger partial charge in [-0.05, 0) is 61.1 Å². The van der Waals surface area contributed by atoms with E-state index in [0.29, 0.717) is 6.61 Å². The molecule has 0 heterocycles. The molecule has 1 rings (SSSR count). The molecule has 1 atom stereocenters. The van der Waals surface area contributed by atoms with E-state index in [-0.39, 0.29) is 6.10 Å². The van der Waals surface area contributed by atoms with Crippen molar-refractivity contribution in [3.05, 3.63) is 33.4 Å². The average molecular weight is 320 g/mol. The van der Waals surface area contributed by atoms with Gasteiger partial charge in [0.25, 0.3) is 0 Å². The van der Waals surface area contributed by atoms with Crippen LogP contribution in [-0.4, -0.2) is 17.8 Å². The molecule has 3 heteroatoms. The predicted molar refractivity (Wildman–Crippen MR) is 69.8 cm³/mol. The Kier molecular flexibility index (Phi) is 4.55. The highest BCUT2D eigenvalue weighted by Crippen LogP contribution is 2.22. The van der Waals surface area contributed by atoms with Gasteiger partial charge in [-0.2, -0.15) is 0 Å². The van der Waals surface area contributed by atoms with E-state index in [1.54, 1.807) is 6.92 Å². The fraction of sp³-hybridized carbons (Fsp3) is 0.500. The second-order valence-electron chi connectivity index (χ2n) is 4.14. The normalized spacial score (nSPS) is 15.3. The molecule has 1 aromatic carbocycles. The van der Waals surface area contributed by atoms with Gasteiger partial charge in [-0.25, -0.2) is 0 Å². The summed E-state index contributed by atoms with van der Waals surface area (Å²) in [6.45, 7) is 6.02. The van der Waals surface area contributed by atoms with Crippen LogP contribution in [0.4, 0.5) is 0 Å². The highest BCUT2D eigenvalue weighted by Gasteiger charge is 2.23. The van der Waals surface area contributed by atoms with Crippen molar-refractivity contribution in [1.29, 1.82) is 0 Å². The lowest BCUT2D eigenvalue weighted by Gasteiger charge is -2.25. The van der Waals surface area contributed by atoms with Gasteiger partial charge >= 0.3 is 0 Å². The minimum Gasteiger partial charge on any atom is -0.383 e. The fourth-order valence-corrected chi connectivity index (χ4v) is 1.58. The smallest absolute Gasteiger partial charge is 0.110 e. The zero-order valence-corrected chi connectivity index (χ0v) is 11.5. The van der Waals surface area contributed by atoms with E-state index in [1.165, 1.54) is 0 Å². The molecule has 0 fully saturated rings. The van der Waals surface area contributed by atoms with E-state index in [0.717, 1.165) is 9.13 Å². The Hall–Kier alpha value is -0.130. The van der Waals surface area contributed by atoms with Crippen LogP contribution in [0.1, 0.15) is 26.3 Å². The van der Waals surface area contributed by atoms with Crippen LogP contribution >= 0.6 is 22.6 Å². The average Bonchev–Trinajstić information content (AvgIpc) is 2.16. The maximum absolute atomic E-state index is 10.2. The molecule has 0 amide bonds. The zero-order valence-electron chi connectivity index (χ0n) is 9.33. The van der Waals surface area contributed by atoms with Gasteiger partial charge in [0.15, 0.2) is 0 Å². The molecule has 0 aliphatic rings. The molecule has 1 N–H and O–H groups in total. The summed E-state index contributed by atoms with van der Waals surface area (Å²) in [5, 5.41) is 10.2. The molecule has 0 saturated heterocycles. The largest absolute Gasteiger partial charge is 0.383 e. The molecule has 1 aromatic rings. The molecule has 0 spiro atoms. The number of ether oxygens (including phenoxy) is 1. The lowest BCUT2D eigenvalue weighted by atomic mass is 9.97. The molecular weight excluding hydrogens is 303 g/mol. The Morgan fingerprint density at radius 1 is 1.33 bits per heavy atom. The number of halogens is 1. The first kappa shape index (κ1) is 12.9. The van der Waals surface area contributed by atoms with Crippen LogP contribution in [0, 0.1) is 3.57 Å². The summed E-state index contributed by atoms with van der Waals surface area (Å²) >= 11 is 2.24. The third-order valence-corrected chi connectivity index (χ3v) is 2.88. The lowest BCUT2D eigenvalue weighted by molar-refractivity contribution is -0.0574. The van der Waals surface area contributed by atoms with Gasteiger partial charge in [0.2, 0.25) is 0 Å². The molecule has 1 unspecified atom stereocenters. The summed E-state index contributed by atoms with van der Waals surface area (Å²) in [6, 6.07) is 7.84. The summed E-state index contributed by atoms with van der Waals surface area (Å²) in [4.78, 5) is 0. The summed E-state index contributed by atoms with van der Waals surface area (Å²) < 4.78 is 6.60. The molecule has 2 nitrogen and oxygen atoms in total. The SMILES string of the molecule is CC(C)OCC(C)(O)c1ccc(I)cc1. The number of hydrogen-bond donors (Lipinski definition) is 1. The summed E-state index contributed by atoms with van der Waals surface area (Å²) in [7, 11) is 0. The van der Waals surface area contributed by atoms with E-state index in [1.807, 2.05) is 38.1 Å². The minimum atomic E-state index is -0.908. The molecule has 0 aliphatic heterocycles. The fourth-order valence-electron chi connectivity index (χ4n) is 1.22. The molecule has 15 heavy (non-hydrogen) atoms. The quantitative estimate of drug-likeness (QED) is 0.865. The van der Waals surface area contributed by atoms with E-state index in [4.69, 9.17) is 4.74 Å². The third kappa shape index (κ3) is 4.09. The van der Waals surface area contributed by atoms with Crippen LogP contribution in [0.5, 0.6) is 0 Å². The van der Waals surface area contributed by atoms with Crippen molar-refractivity contribution in [1.82, 2.24) is 0 Å². The predicted octanol–water partition coefficient (Wildman–Crippen LogP) is 2.92. The molecule has 0 saturated carbocycles. The summed E-state index contributed by atoms with van der Waals surface area (Å²) in [5.41, 5.74) is -0.0159. The van der Waals surface area contributed by atoms with Gasteiger partial charge in [0.1, 0.15) is 5.60 Å². The first-order valence-corrected chi connectivity index (χ1v) is 6.10. The van der Waals surface area contributed by atoms with Crippen molar-refractivity contribution in [2.75, 3.05) is 6.61 Å². The van der Waals surface area contributed by atoms with Crippen molar-refractivity contribution < 1.29 is 9.84 Å². The van der Waals surface area contributed by atoms with Crippen LogP contribution in [0.25, 0.3) is 0 Å². The van der Waals surface area contributed by atoms with Crippen LogP contribution in [0.15, 0.2) is 24.3 Å². The molecule has 0 aliphatic carbocycles. The van der Waals surface area contributed by atoms with Crippen LogP contribution < -0.4 is 0 Å². The van der Waals surface area contributed by atoms with E-state index in [9.17, 15) is 5.11 Å². The van der Waals surface area contributed by atoms with Crippen molar-refractivity contribution >= 4 is 22.6 Å².